The van der Waals surface area contributed by atoms with E-state index >= 15 is 0 Å². The van der Waals surface area contributed by atoms with Gasteiger partial charge < -0.3 is 14.8 Å². The van der Waals surface area contributed by atoms with Gasteiger partial charge in [0.25, 0.3) is 5.91 Å². The van der Waals surface area contributed by atoms with Gasteiger partial charge >= 0.3 is 6.43 Å². The van der Waals surface area contributed by atoms with Crippen molar-refractivity contribution < 1.29 is 23.0 Å². The van der Waals surface area contributed by atoms with Crippen molar-refractivity contribution in [2.75, 3.05) is 19.8 Å². The number of hydrogen-bond acceptors (Lipinski definition) is 3. The van der Waals surface area contributed by atoms with Crippen molar-refractivity contribution in [2.24, 2.45) is 0 Å². The van der Waals surface area contributed by atoms with Crippen molar-refractivity contribution in [3.05, 3.63) is 23.8 Å². The van der Waals surface area contributed by atoms with Crippen LogP contribution in [0.15, 0.2) is 18.2 Å². The van der Waals surface area contributed by atoms with Crippen LogP contribution in [0.5, 0.6) is 11.5 Å². The van der Waals surface area contributed by atoms with E-state index in [0.29, 0.717) is 31.1 Å². The third-order valence-corrected chi connectivity index (χ3v) is 2.52. The molecule has 0 atom stereocenters. The Morgan fingerprint density at radius 3 is 2.72 bits per heavy atom. The Labute approximate surface area is 103 Å². The largest absolute Gasteiger partial charge is 0.486 e. The molecule has 1 aromatic carbocycles. The van der Waals surface area contributed by atoms with Crippen LogP contribution in [0.3, 0.4) is 0 Å². The van der Waals surface area contributed by atoms with Gasteiger partial charge in [-0.2, -0.15) is 8.78 Å². The smallest absolute Gasteiger partial charge is 0.315 e. The van der Waals surface area contributed by atoms with Crippen molar-refractivity contribution in [3.63, 3.8) is 0 Å². The summed E-state index contributed by atoms with van der Waals surface area (Å²) in [6.45, 7) is 1.19. The number of ether oxygens (including phenoxy) is 2. The normalized spacial score (nSPS) is 13.5. The number of rotatable bonds is 4. The Hall–Kier alpha value is -1.85. The molecular formula is C12H13F2NO3. The number of nitrogens with one attached hydrogen (secondary N) is 1. The minimum absolute atomic E-state index is 0.169. The molecule has 0 unspecified atom stereocenters. The molecule has 2 rings (SSSR count). The summed E-state index contributed by atoms with van der Waals surface area (Å²) in [4.78, 5) is 10.7. The average Bonchev–Trinajstić information content (AvgIpc) is 2.38. The monoisotopic (exact) mass is 257 g/mol. The minimum Gasteiger partial charge on any atom is -0.486 e. The molecule has 18 heavy (non-hydrogen) atoms. The Morgan fingerprint density at radius 2 is 2.00 bits per heavy atom. The maximum Gasteiger partial charge on any atom is 0.315 e. The fraction of sp³-hybridized carbons (Fsp3) is 0.417. The number of hydrogen-bond donors (Lipinski definition) is 1. The Morgan fingerprint density at radius 1 is 1.28 bits per heavy atom. The molecule has 1 heterocycles. The second-order valence-electron chi connectivity index (χ2n) is 3.82. The highest BCUT2D eigenvalue weighted by Gasteiger charge is 2.14. The number of alkyl halides is 2. The molecule has 1 N–H and O–H groups in total. The predicted molar refractivity (Wildman–Crippen MR) is 60.1 cm³/mol. The highest BCUT2D eigenvalue weighted by molar-refractivity contribution is 5.79. The summed E-state index contributed by atoms with van der Waals surface area (Å²) in [7, 11) is 0. The van der Waals surface area contributed by atoms with Crippen LogP contribution in [0.25, 0.3) is 0 Å². The van der Waals surface area contributed by atoms with Crippen LogP contribution in [-0.4, -0.2) is 32.1 Å². The van der Waals surface area contributed by atoms with E-state index in [1.807, 2.05) is 6.07 Å². The zero-order chi connectivity index (χ0) is 13.0. The molecule has 1 aromatic rings. The van der Waals surface area contributed by atoms with E-state index in [4.69, 9.17) is 9.47 Å². The van der Waals surface area contributed by atoms with Gasteiger partial charge in [0.05, 0.1) is 0 Å². The van der Waals surface area contributed by atoms with E-state index in [9.17, 15) is 13.6 Å². The van der Waals surface area contributed by atoms with Crippen LogP contribution in [-0.2, 0) is 11.2 Å². The Bertz CT molecular complexity index is 437. The number of fused-ring (bicyclic) bond motifs is 1. The molecule has 0 saturated carbocycles. The molecule has 1 aliphatic heterocycles. The van der Waals surface area contributed by atoms with Gasteiger partial charge in [0.15, 0.2) is 11.5 Å². The lowest BCUT2D eigenvalue weighted by Gasteiger charge is -2.18. The summed E-state index contributed by atoms with van der Waals surface area (Å²) in [5.74, 6) is 0.0908. The average molecular weight is 257 g/mol. The molecule has 0 radical (unpaired) electrons. The quantitative estimate of drug-likeness (QED) is 0.886. The van der Waals surface area contributed by atoms with E-state index in [1.165, 1.54) is 0 Å². The summed E-state index contributed by atoms with van der Waals surface area (Å²) in [5.41, 5.74) is 0.897. The molecule has 4 nitrogen and oxygen atoms in total. The van der Waals surface area contributed by atoms with Crippen LogP contribution in [0.4, 0.5) is 8.78 Å². The van der Waals surface area contributed by atoms with E-state index in [1.54, 1.807) is 12.1 Å². The summed E-state index contributed by atoms with van der Waals surface area (Å²) in [6, 6.07) is 5.39. The second kappa shape index (κ2) is 5.66. The van der Waals surface area contributed by atoms with Crippen molar-refractivity contribution in [1.82, 2.24) is 5.32 Å². The Balaban J connectivity index is 1.88. The highest BCUT2D eigenvalue weighted by atomic mass is 19.3. The van der Waals surface area contributed by atoms with Gasteiger partial charge in [0, 0.05) is 6.54 Å². The first kappa shape index (κ1) is 12.6. The molecule has 98 valence electrons. The molecule has 0 fully saturated rings. The summed E-state index contributed by atoms with van der Waals surface area (Å²) < 4.78 is 34.6. The van der Waals surface area contributed by atoms with Crippen LogP contribution in [0.1, 0.15) is 5.56 Å². The summed E-state index contributed by atoms with van der Waals surface area (Å²) in [5, 5.41) is 2.15. The SMILES string of the molecule is O=C(NCCc1ccc2c(c1)OCCO2)C(F)F. The maximum atomic E-state index is 11.9. The summed E-state index contributed by atoms with van der Waals surface area (Å²) in [6.07, 6.45) is -2.50. The predicted octanol–water partition coefficient (Wildman–Crippen LogP) is 1.38. The topological polar surface area (TPSA) is 47.6 Å². The van der Waals surface area contributed by atoms with Gasteiger partial charge in [0.1, 0.15) is 13.2 Å². The molecular weight excluding hydrogens is 244 g/mol. The standard InChI is InChI=1S/C12H13F2NO3/c13-11(14)12(16)15-4-3-8-1-2-9-10(7-8)18-6-5-17-9/h1-2,7,11H,3-6H2,(H,15,16). The van der Waals surface area contributed by atoms with Crippen LogP contribution in [0.2, 0.25) is 0 Å². The number of benzene rings is 1. The van der Waals surface area contributed by atoms with Gasteiger partial charge in [-0.1, -0.05) is 6.07 Å². The lowest BCUT2D eigenvalue weighted by atomic mass is 10.1. The van der Waals surface area contributed by atoms with Crippen molar-refractivity contribution >= 4 is 5.91 Å². The number of halogens is 2. The minimum atomic E-state index is -2.97. The molecule has 0 spiro atoms. The highest BCUT2D eigenvalue weighted by Crippen LogP contribution is 2.30. The molecule has 1 aliphatic rings. The van der Waals surface area contributed by atoms with Gasteiger partial charge in [-0.05, 0) is 24.1 Å². The first-order chi connectivity index (χ1) is 8.66. The second-order valence-corrected chi connectivity index (χ2v) is 3.82. The summed E-state index contributed by atoms with van der Waals surface area (Å²) >= 11 is 0. The molecule has 0 saturated heterocycles. The van der Waals surface area contributed by atoms with Gasteiger partial charge in [-0.15, -0.1) is 0 Å². The van der Waals surface area contributed by atoms with Gasteiger partial charge in [-0.25, -0.2) is 0 Å². The lowest BCUT2D eigenvalue weighted by Crippen LogP contribution is -2.31. The third-order valence-electron chi connectivity index (χ3n) is 2.52. The first-order valence-electron chi connectivity index (χ1n) is 5.61. The fourth-order valence-corrected chi connectivity index (χ4v) is 1.65. The number of carbonyl (C=O) groups is 1. The molecule has 1 amide bonds. The van der Waals surface area contributed by atoms with E-state index in [2.05, 4.69) is 5.32 Å². The molecule has 6 heteroatoms. The van der Waals surface area contributed by atoms with E-state index in [-0.39, 0.29) is 6.54 Å². The molecule has 0 aliphatic carbocycles. The van der Waals surface area contributed by atoms with Crippen molar-refractivity contribution in [1.29, 1.82) is 0 Å². The van der Waals surface area contributed by atoms with Crippen LogP contribution in [0, 0.1) is 0 Å². The lowest BCUT2D eigenvalue weighted by molar-refractivity contribution is -0.131. The van der Waals surface area contributed by atoms with Gasteiger partial charge in [-0.3, -0.25) is 4.79 Å². The van der Waals surface area contributed by atoms with Crippen LogP contribution < -0.4 is 14.8 Å². The Kier molecular flexibility index (Phi) is 3.96. The third kappa shape index (κ3) is 3.09. The van der Waals surface area contributed by atoms with Crippen LogP contribution >= 0.6 is 0 Å². The van der Waals surface area contributed by atoms with E-state index in [0.717, 1.165) is 5.56 Å². The first-order valence-corrected chi connectivity index (χ1v) is 5.61. The zero-order valence-electron chi connectivity index (χ0n) is 9.62. The molecule has 0 bridgehead atoms. The number of carbonyl (C=O) groups excluding carboxylic acids is 1. The van der Waals surface area contributed by atoms with Crippen molar-refractivity contribution in [2.45, 2.75) is 12.8 Å². The van der Waals surface area contributed by atoms with Gasteiger partial charge in [0.2, 0.25) is 0 Å². The molecule has 0 aromatic heterocycles. The maximum absolute atomic E-state index is 11.9. The van der Waals surface area contributed by atoms with E-state index < -0.39 is 12.3 Å². The zero-order valence-corrected chi connectivity index (χ0v) is 9.62. The number of amides is 1. The van der Waals surface area contributed by atoms with Crippen molar-refractivity contribution in [3.8, 4) is 11.5 Å². The fourth-order valence-electron chi connectivity index (χ4n) is 1.65.